The summed E-state index contributed by atoms with van der Waals surface area (Å²) in [5.74, 6) is 1.20. The average Bonchev–Trinajstić information content (AvgIpc) is 3.45. The summed E-state index contributed by atoms with van der Waals surface area (Å²) in [5, 5.41) is 0.323. The van der Waals surface area contributed by atoms with Crippen LogP contribution >= 0.6 is 11.6 Å². The molecule has 1 saturated heterocycles. The summed E-state index contributed by atoms with van der Waals surface area (Å²) in [6, 6.07) is 13.1. The number of rotatable bonds is 9. The van der Waals surface area contributed by atoms with Gasteiger partial charge in [0, 0.05) is 42.5 Å². The predicted octanol–water partition coefficient (Wildman–Crippen LogP) is 8.34. The first kappa shape index (κ1) is 27.9. The van der Waals surface area contributed by atoms with E-state index in [0.717, 1.165) is 75.3 Å². The summed E-state index contributed by atoms with van der Waals surface area (Å²) in [7, 11) is 0. The van der Waals surface area contributed by atoms with E-state index in [0.29, 0.717) is 10.8 Å². The van der Waals surface area contributed by atoms with Crippen LogP contribution in [0.15, 0.2) is 42.5 Å². The Morgan fingerprint density at radius 2 is 1.54 bits per heavy atom. The second kappa shape index (κ2) is 12.7. The molecule has 1 aliphatic carbocycles. The Kier molecular flexibility index (Phi) is 9.09. The monoisotopic (exact) mass is 550 g/mol. The van der Waals surface area contributed by atoms with Crippen LogP contribution in [0.3, 0.4) is 0 Å². The van der Waals surface area contributed by atoms with Gasteiger partial charge >= 0.3 is 0 Å². The fourth-order valence-electron chi connectivity index (χ4n) is 6.01. The van der Waals surface area contributed by atoms with Gasteiger partial charge < -0.3 is 9.47 Å². The summed E-state index contributed by atoms with van der Waals surface area (Å²) >= 11 is 6.19. The third-order valence-corrected chi connectivity index (χ3v) is 8.54. The van der Waals surface area contributed by atoms with E-state index in [1.165, 1.54) is 47.2 Å². The molecule has 0 radical (unpaired) electrons. The van der Waals surface area contributed by atoms with E-state index < -0.39 is 0 Å². The van der Waals surface area contributed by atoms with Crippen molar-refractivity contribution in [3.63, 3.8) is 0 Å². The summed E-state index contributed by atoms with van der Waals surface area (Å²) < 4.78 is 26.3. The lowest BCUT2D eigenvalue weighted by Gasteiger charge is -2.33. The van der Waals surface area contributed by atoms with E-state index >= 15 is 0 Å². The molecule has 2 aliphatic rings. The summed E-state index contributed by atoms with van der Waals surface area (Å²) in [5.41, 5.74) is 7.21. The van der Waals surface area contributed by atoms with Crippen LogP contribution in [0.5, 0.6) is 11.5 Å². The van der Waals surface area contributed by atoms with Crippen LogP contribution < -0.4 is 9.47 Å². The minimum atomic E-state index is -0.350. The fourth-order valence-corrected chi connectivity index (χ4v) is 6.22. The molecule has 1 aliphatic heterocycles. The number of nitrogens with zero attached hydrogens (tertiary/aromatic N) is 2. The molecule has 3 aromatic rings. The molecule has 0 N–H and O–H groups in total. The summed E-state index contributed by atoms with van der Waals surface area (Å²) in [4.78, 5) is 7.64. The van der Waals surface area contributed by atoms with Gasteiger partial charge in [0.05, 0.1) is 16.8 Å². The maximum absolute atomic E-state index is 13.4. The molecule has 0 spiro atoms. The third kappa shape index (κ3) is 6.58. The van der Waals surface area contributed by atoms with Crippen LogP contribution in [0.1, 0.15) is 74.8 Å². The van der Waals surface area contributed by atoms with Crippen molar-refractivity contribution in [2.75, 3.05) is 13.1 Å². The fraction of sp³-hybridized carbons (Fsp3) is 0.485. The molecule has 5 rings (SSSR count). The topological polar surface area (TPSA) is 34.6 Å². The van der Waals surface area contributed by atoms with Crippen LogP contribution in [-0.4, -0.2) is 35.2 Å². The maximum Gasteiger partial charge on any atom is 0.138 e. The molecule has 2 fully saturated rings. The molecule has 2 heterocycles. The van der Waals surface area contributed by atoms with E-state index in [9.17, 15) is 4.39 Å². The van der Waals surface area contributed by atoms with E-state index in [4.69, 9.17) is 26.1 Å². The van der Waals surface area contributed by atoms with Gasteiger partial charge in [0.25, 0.3) is 0 Å². The molecular weight excluding hydrogens is 511 g/mol. The van der Waals surface area contributed by atoms with Crippen molar-refractivity contribution in [2.45, 2.75) is 90.9 Å². The molecular formula is C33H40ClFN2O2. The normalized spacial score (nSPS) is 17.1. The quantitative estimate of drug-likeness (QED) is 0.268. The van der Waals surface area contributed by atoms with Gasteiger partial charge in [-0.15, -0.1) is 0 Å². The standard InChI is InChI=1S/C33H40ClFN2O2/c1-4-23-9-8-10-24(5-2)33(23)30-20-32(39-26-11-6-7-12-26)28(22(3)36-30)21-37-17-15-27(16-18-37)38-31-14-13-25(35)19-29(31)34/h8-10,13-14,19-20,26-27H,4-7,11-12,15-18,21H2,1-3H3. The van der Waals surface area contributed by atoms with Crippen molar-refractivity contribution in [2.24, 2.45) is 0 Å². The smallest absolute Gasteiger partial charge is 0.138 e. The van der Waals surface area contributed by atoms with E-state index in [-0.39, 0.29) is 18.0 Å². The SMILES string of the molecule is CCc1cccc(CC)c1-c1cc(OC2CCCC2)c(CN2CCC(Oc3ccc(F)cc3Cl)CC2)c(C)n1. The van der Waals surface area contributed by atoms with Gasteiger partial charge in [0.15, 0.2) is 0 Å². The number of piperidine rings is 1. The summed E-state index contributed by atoms with van der Waals surface area (Å²) in [6.45, 7) is 9.19. The molecule has 2 aromatic carbocycles. The molecule has 208 valence electrons. The summed E-state index contributed by atoms with van der Waals surface area (Å²) in [6.07, 6.45) is 8.80. The third-order valence-electron chi connectivity index (χ3n) is 8.24. The highest BCUT2D eigenvalue weighted by Crippen LogP contribution is 2.36. The number of pyridine rings is 1. The predicted molar refractivity (Wildman–Crippen MR) is 156 cm³/mol. The Labute approximate surface area is 237 Å². The van der Waals surface area contributed by atoms with Crippen LogP contribution in [0.4, 0.5) is 4.39 Å². The second-order valence-electron chi connectivity index (χ2n) is 10.9. The van der Waals surface area contributed by atoms with Crippen LogP contribution in [-0.2, 0) is 19.4 Å². The number of hydrogen-bond acceptors (Lipinski definition) is 4. The Morgan fingerprint density at radius 1 is 0.897 bits per heavy atom. The zero-order valence-corrected chi connectivity index (χ0v) is 24.2. The Balaban J connectivity index is 1.36. The number of aryl methyl sites for hydroxylation is 3. The molecule has 39 heavy (non-hydrogen) atoms. The minimum Gasteiger partial charge on any atom is -0.490 e. The van der Waals surface area contributed by atoms with Gasteiger partial charge in [-0.25, -0.2) is 4.39 Å². The van der Waals surface area contributed by atoms with Crippen LogP contribution in [0, 0.1) is 12.7 Å². The van der Waals surface area contributed by atoms with E-state index in [1.807, 2.05) is 0 Å². The number of likely N-dealkylation sites (tertiary alicyclic amines) is 1. The first-order chi connectivity index (χ1) is 18.9. The van der Waals surface area contributed by atoms with Crippen molar-refractivity contribution < 1.29 is 13.9 Å². The van der Waals surface area contributed by atoms with Gasteiger partial charge in [-0.2, -0.15) is 0 Å². The van der Waals surface area contributed by atoms with Gasteiger partial charge in [-0.3, -0.25) is 9.88 Å². The molecule has 0 unspecified atom stereocenters. The van der Waals surface area contributed by atoms with Crippen molar-refractivity contribution >= 4 is 11.6 Å². The van der Waals surface area contributed by atoms with Crippen molar-refractivity contribution in [3.8, 4) is 22.8 Å². The number of halogens is 2. The number of aromatic nitrogens is 1. The molecule has 1 aromatic heterocycles. The Morgan fingerprint density at radius 3 is 2.18 bits per heavy atom. The highest BCUT2D eigenvalue weighted by Gasteiger charge is 2.26. The number of benzene rings is 2. The zero-order chi connectivity index (χ0) is 27.4. The first-order valence-corrected chi connectivity index (χ1v) is 14.9. The highest BCUT2D eigenvalue weighted by molar-refractivity contribution is 6.32. The Bertz CT molecular complexity index is 1260. The van der Waals surface area contributed by atoms with Gasteiger partial charge in [0.1, 0.15) is 23.4 Å². The molecule has 4 nitrogen and oxygen atoms in total. The Hall–Kier alpha value is -2.63. The highest BCUT2D eigenvalue weighted by atomic mass is 35.5. The lowest BCUT2D eigenvalue weighted by molar-refractivity contribution is 0.0955. The lowest BCUT2D eigenvalue weighted by atomic mass is 9.94. The molecule has 0 amide bonds. The largest absolute Gasteiger partial charge is 0.490 e. The number of ether oxygens (including phenoxy) is 2. The molecule has 0 atom stereocenters. The average molecular weight is 551 g/mol. The van der Waals surface area contributed by atoms with Gasteiger partial charge in [-0.1, -0.05) is 43.6 Å². The molecule has 1 saturated carbocycles. The van der Waals surface area contributed by atoms with Crippen molar-refractivity contribution in [3.05, 3.63) is 75.7 Å². The van der Waals surface area contributed by atoms with Crippen molar-refractivity contribution in [1.82, 2.24) is 9.88 Å². The molecule has 0 bridgehead atoms. The van der Waals surface area contributed by atoms with Crippen LogP contribution in [0.2, 0.25) is 5.02 Å². The van der Waals surface area contributed by atoms with E-state index in [2.05, 4.69) is 49.9 Å². The first-order valence-electron chi connectivity index (χ1n) is 14.6. The van der Waals surface area contributed by atoms with Crippen molar-refractivity contribution in [1.29, 1.82) is 0 Å². The number of hydrogen-bond donors (Lipinski definition) is 0. The minimum absolute atomic E-state index is 0.0676. The van der Waals surface area contributed by atoms with E-state index in [1.54, 1.807) is 6.07 Å². The zero-order valence-electron chi connectivity index (χ0n) is 23.4. The second-order valence-corrected chi connectivity index (χ2v) is 11.3. The lowest BCUT2D eigenvalue weighted by Crippen LogP contribution is -2.38. The van der Waals surface area contributed by atoms with Gasteiger partial charge in [-0.05, 0) is 87.6 Å². The van der Waals surface area contributed by atoms with Gasteiger partial charge in [0.2, 0.25) is 0 Å². The van der Waals surface area contributed by atoms with Crippen LogP contribution in [0.25, 0.3) is 11.3 Å². The molecule has 6 heteroatoms. The maximum atomic E-state index is 13.4.